The highest BCUT2D eigenvalue weighted by Gasteiger charge is 2.28. The molecule has 19 heteroatoms. The van der Waals surface area contributed by atoms with Crippen LogP contribution in [0.5, 0.6) is 0 Å². The Labute approximate surface area is 478 Å². The average Bonchev–Trinajstić information content (AvgIpc) is 1.20. The number of nitrogens with one attached hydrogen (secondary N) is 5. The molecule has 8 aromatic carbocycles. The first-order valence-corrected chi connectivity index (χ1v) is 28.8. The van der Waals surface area contributed by atoms with E-state index in [0.29, 0.717) is 56.2 Å². The number of nitrogens with zero attached hydrogens (tertiary/aromatic N) is 1. The molecular weight excluding hydrogens is 1090 g/mol. The van der Waals surface area contributed by atoms with E-state index in [4.69, 9.17) is 9.41 Å². The third-order valence-corrected chi connectivity index (χ3v) is 16.0. The van der Waals surface area contributed by atoms with Gasteiger partial charge in [-0.05, 0) is 158 Å². The molecule has 0 spiro atoms. The quantitative estimate of drug-likeness (QED) is 0.0396. The third-order valence-electron chi connectivity index (χ3n) is 14.3. The molecule has 418 valence electrons. The van der Waals surface area contributed by atoms with Crippen LogP contribution in [0.4, 0.5) is 49.4 Å². The number of amides is 4. The lowest BCUT2D eigenvalue weighted by Gasteiger charge is -2.21. The van der Waals surface area contributed by atoms with Crippen molar-refractivity contribution in [1.29, 1.82) is 0 Å². The van der Waals surface area contributed by atoms with Gasteiger partial charge in [-0.25, -0.2) is 19.4 Å². The van der Waals surface area contributed by atoms with Gasteiger partial charge in [0.15, 0.2) is 0 Å². The van der Waals surface area contributed by atoms with E-state index in [2.05, 4.69) is 26.6 Å². The number of urea groups is 2. The summed E-state index contributed by atoms with van der Waals surface area (Å²) in [7, 11) is -9.98. The van der Waals surface area contributed by atoms with Crippen LogP contribution in [0.1, 0.15) is 43.7 Å². The standard InChI is InChI=1S/C64H54N6O11S2/c1-35-30-37(3)60(69-63(73)66-46-24-20-43(21-25-46)41-12-8-7-9-13-41)39(5)58(35)65-48-28-29-49-53(32-48)81-54-34-52(56(83(78,79)80)33-51(54)57(49)50-14-10-11-15-55(50)82(75,76)77)68-59-36(2)31-38(4)61(40(59)6)70-64(74)67-47-26-22-44(23-27-47)42-16-18-45(19-17-42)62(71)72/h7-34,65H,1-6H3,(H,71,72)(H2,66,69,73)(H2,67,70,74)(H,75,76,77)(H,78,79,80)/b68-52-. The zero-order chi connectivity index (χ0) is 59.1. The molecule has 0 saturated heterocycles. The number of rotatable bonds is 13. The van der Waals surface area contributed by atoms with Crippen molar-refractivity contribution in [3.63, 3.8) is 0 Å². The third kappa shape index (κ3) is 12.0. The zero-order valence-electron chi connectivity index (χ0n) is 45.5. The monoisotopic (exact) mass is 1150 g/mol. The average molecular weight is 1150 g/mol. The van der Waals surface area contributed by atoms with Crippen molar-refractivity contribution in [3.8, 4) is 44.7 Å². The fourth-order valence-corrected chi connectivity index (χ4v) is 11.7. The van der Waals surface area contributed by atoms with Crippen molar-refractivity contribution in [2.45, 2.75) is 51.3 Å². The van der Waals surface area contributed by atoms with Gasteiger partial charge in [0, 0.05) is 57.0 Å². The Morgan fingerprint density at radius 1 is 0.470 bits per heavy atom. The van der Waals surface area contributed by atoms with E-state index in [1.807, 2.05) is 81.4 Å². The van der Waals surface area contributed by atoms with Gasteiger partial charge in [-0.15, -0.1) is 0 Å². The molecule has 0 saturated carbocycles. The maximum Gasteiger partial charge on any atom is 0.335 e. The number of aryl methyl sites for hydroxylation is 4. The van der Waals surface area contributed by atoms with Crippen molar-refractivity contribution in [2.24, 2.45) is 4.99 Å². The minimum Gasteiger partial charge on any atom is -0.478 e. The van der Waals surface area contributed by atoms with Crippen molar-refractivity contribution in [3.05, 3.63) is 214 Å². The summed E-state index contributed by atoms with van der Waals surface area (Å²) in [5.41, 5.74) is 11.7. The molecule has 0 atom stereocenters. The zero-order valence-corrected chi connectivity index (χ0v) is 47.2. The van der Waals surface area contributed by atoms with Gasteiger partial charge in [0.25, 0.3) is 20.2 Å². The second kappa shape index (κ2) is 22.6. The van der Waals surface area contributed by atoms with Gasteiger partial charge >= 0.3 is 18.0 Å². The largest absolute Gasteiger partial charge is 0.478 e. The van der Waals surface area contributed by atoms with Crippen LogP contribution in [-0.4, -0.2) is 49.1 Å². The van der Waals surface area contributed by atoms with Crippen LogP contribution in [0, 0.1) is 41.5 Å². The molecule has 0 bridgehead atoms. The van der Waals surface area contributed by atoms with Gasteiger partial charge in [0.1, 0.15) is 21.1 Å². The molecule has 0 fully saturated rings. The van der Waals surface area contributed by atoms with E-state index in [1.54, 1.807) is 87.5 Å². The van der Waals surface area contributed by atoms with Crippen molar-refractivity contribution in [1.82, 2.24) is 0 Å². The lowest BCUT2D eigenvalue weighted by Crippen LogP contribution is -2.21. The fourth-order valence-electron chi connectivity index (χ4n) is 10.3. The van der Waals surface area contributed by atoms with Gasteiger partial charge in [0.2, 0.25) is 0 Å². The minimum absolute atomic E-state index is 0.00118. The summed E-state index contributed by atoms with van der Waals surface area (Å²) < 4.78 is 81.1. The SMILES string of the molecule is Cc1cc(C)c(NC(=O)Nc2ccc(-c3ccc(C(=O)O)cc3)cc2)c(C)c1/N=c1/cc2oc3cc(Nc4c(C)cc(C)c(NC(=O)Nc5ccc(-c6ccccc6)cc5)c4C)ccc3c(-c3ccccc3S(=O)(=O)O)c-2cc1S(=O)(=O)O. The highest BCUT2D eigenvalue weighted by molar-refractivity contribution is 7.86. The first-order valence-electron chi connectivity index (χ1n) is 25.9. The normalized spacial score (nSPS) is 11.8. The van der Waals surface area contributed by atoms with Gasteiger partial charge in [-0.3, -0.25) is 9.11 Å². The van der Waals surface area contributed by atoms with Gasteiger partial charge in [-0.1, -0.05) is 97.1 Å². The van der Waals surface area contributed by atoms with Crippen LogP contribution in [-0.2, 0) is 20.2 Å². The van der Waals surface area contributed by atoms with Gasteiger partial charge < -0.3 is 36.1 Å². The first-order chi connectivity index (χ1) is 39.5. The summed E-state index contributed by atoms with van der Waals surface area (Å²) in [5, 5.41) is 24.4. The number of benzene rings is 9. The minimum atomic E-state index is -5.10. The van der Waals surface area contributed by atoms with Crippen LogP contribution in [0.3, 0.4) is 0 Å². The number of anilines is 6. The Morgan fingerprint density at radius 3 is 1.53 bits per heavy atom. The van der Waals surface area contributed by atoms with E-state index < -0.39 is 48.1 Å². The van der Waals surface area contributed by atoms with Crippen LogP contribution < -0.4 is 31.9 Å². The van der Waals surface area contributed by atoms with Crippen LogP contribution in [0.25, 0.3) is 55.7 Å². The van der Waals surface area contributed by atoms with E-state index in [1.165, 1.54) is 36.4 Å². The Bertz CT molecular complexity index is 4530. The smallest absolute Gasteiger partial charge is 0.335 e. The maximum atomic E-state index is 13.6. The molecule has 1 aliphatic heterocycles. The van der Waals surface area contributed by atoms with E-state index in [0.717, 1.165) is 45.0 Å². The summed E-state index contributed by atoms with van der Waals surface area (Å²) in [5.74, 6) is -1.02. The molecule has 0 radical (unpaired) electrons. The molecule has 1 heterocycles. The number of carbonyl (C=O) groups excluding carboxylic acids is 2. The molecule has 8 N–H and O–H groups in total. The molecular formula is C64H54N6O11S2. The Morgan fingerprint density at radius 2 is 0.964 bits per heavy atom. The highest BCUT2D eigenvalue weighted by atomic mass is 32.2. The summed E-state index contributed by atoms with van der Waals surface area (Å²) in [6, 6.07) is 46.6. The number of aromatic carboxylic acids is 1. The van der Waals surface area contributed by atoms with Crippen molar-refractivity contribution < 1.29 is 49.8 Å². The fraction of sp³-hybridized carbons (Fsp3) is 0.0938. The second-order valence-corrected chi connectivity index (χ2v) is 22.8. The number of hydrogen-bond acceptors (Lipinski definition) is 10. The van der Waals surface area contributed by atoms with Crippen LogP contribution >= 0.6 is 0 Å². The lowest BCUT2D eigenvalue weighted by molar-refractivity contribution is 0.0696. The number of carbonyl (C=O) groups is 3. The number of fused-ring (bicyclic) bond motifs is 2. The molecule has 10 rings (SSSR count). The van der Waals surface area contributed by atoms with Crippen molar-refractivity contribution >= 4 is 89.0 Å². The number of carboxylic acids is 1. The predicted molar refractivity (Wildman–Crippen MR) is 324 cm³/mol. The number of carboxylic acid groups (broad SMARTS) is 1. The molecule has 1 aliphatic carbocycles. The Hall–Kier alpha value is -9.92. The highest BCUT2D eigenvalue weighted by Crippen LogP contribution is 2.45. The molecule has 83 heavy (non-hydrogen) atoms. The summed E-state index contributed by atoms with van der Waals surface area (Å²) >= 11 is 0. The molecule has 17 nitrogen and oxygen atoms in total. The van der Waals surface area contributed by atoms with Crippen molar-refractivity contribution in [2.75, 3.05) is 26.6 Å². The van der Waals surface area contributed by atoms with Crippen LogP contribution in [0.15, 0.2) is 189 Å². The van der Waals surface area contributed by atoms with Gasteiger partial charge in [0.05, 0.1) is 28.0 Å². The lowest BCUT2D eigenvalue weighted by atomic mass is 9.93. The first kappa shape index (κ1) is 56.4. The molecule has 8 aromatic rings. The van der Waals surface area contributed by atoms with Gasteiger partial charge in [-0.2, -0.15) is 16.8 Å². The molecule has 0 unspecified atom stereocenters. The Kier molecular flexibility index (Phi) is 15.3. The Balaban J connectivity index is 1.02. The van der Waals surface area contributed by atoms with E-state index in [-0.39, 0.29) is 44.6 Å². The van der Waals surface area contributed by atoms with E-state index >= 15 is 0 Å². The molecule has 0 aromatic heterocycles. The summed E-state index contributed by atoms with van der Waals surface area (Å²) in [4.78, 5) is 42.1. The van der Waals surface area contributed by atoms with Crippen LogP contribution in [0.2, 0.25) is 0 Å². The molecule has 2 aliphatic rings. The summed E-state index contributed by atoms with van der Waals surface area (Å²) in [6.07, 6.45) is 0. The molecule has 4 amide bonds. The maximum absolute atomic E-state index is 13.6. The number of hydrogen-bond donors (Lipinski definition) is 8. The topological polar surface area (TPSA) is 266 Å². The van der Waals surface area contributed by atoms with E-state index in [9.17, 15) is 45.4 Å². The summed E-state index contributed by atoms with van der Waals surface area (Å²) in [6.45, 7) is 10.9. The second-order valence-electron chi connectivity index (χ2n) is 20.0. The predicted octanol–water partition coefficient (Wildman–Crippen LogP) is 14.8.